The minimum Gasteiger partial charge on any atom is -0.379 e. The van der Waals surface area contributed by atoms with Gasteiger partial charge < -0.3 is 9.30 Å². The maximum Gasteiger partial charge on any atom is 0.217 e. The van der Waals surface area contributed by atoms with Crippen LogP contribution in [0.5, 0.6) is 0 Å². The molecule has 0 bridgehead atoms. The Morgan fingerprint density at radius 2 is 2.23 bits per heavy atom. The number of nitrogens with zero attached hydrogens (tertiary/aromatic N) is 3. The van der Waals surface area contributed by atoms with Gasteiger partial charge in [-0.15, -0.1) is 0 Å². The molecule has 2 rings (SSSR count). The molecule has 0 aromatic carbocycles. The molecule has 1 aromatic rings. The van der Waals surface area contributed by atoms with E-state index in [1.807, 2.05) is 17.8 Å². The van der Waals surface area contributed by atoms with Crippen LogP contribution in [0, 0.1) is 0 Å². The number of morpholine rings is 1. The fourth-order valence-corrected chi connectivity index (χ4v) is 1.29. The van der Waals surface area contributed by atoms with Crippen LogP contribution in [0.15, 0.2) is 12.4 Å². The Labute approximate surface area is 77.3 Å². The second kappa shape index (κ2) is 3.76. The van der Waals surface area contributed by atoms with Gasteiger partial charge >= 0.3 is 0 Å². The summed E-state index contributed by atoms with van der Waals surface area (Å²) in [6.45, 7) is 3.40. The van der Waals surface area contributed by atoms with E-state index in [-0.39, 0.29) is 0 Å². The van der Waals surface area contributed by atoms with E-state index in [0.717, 1.165) is 32.3 Å². The number of imidazole rings is 1. The third kappa shape index (κ3) is 1.99. The molecular formula is C8H14N4O. The van der Waals surface area contributed by atoms with E-state index in [1.165, 1.54) is 0 Å². The first-order chi connectivity index (χ1) is 6.36. The molecule has 72 valence electrons. The van der Waals surface area contributed by atoms with Gasteiger partial charge in [0.1, 0.15) is 0 Å². The van der Waals surface area contributed by atoms with Crippen molar-refractivity contribution in [2.75, 3.05) is 31.7 Å². The number of ether oxygens (including phenoxy) is 1. The summed E-state index contributed by atoms with van der Waals surface area (Å²) in [7, 11) is 1.97. The molecule has 2 heterocycles. The van der Waals surface area contributed by atoms with Crippen molar-refractivity contribution in [3.63, 3.8) is 0 Å². The lowest BCUT2D eigenvalue weighted by Gasteiger charge is -2.27. The van der Waals surface area contributed by atoms with Crippen molar-refractivity contribution in [2.45, 2.75) is 0 Å². The lowest BCUT2D eigenvalue weighted by atomic mass is 10.5. The number of aromatic nitrogens is 2. The van der Waals surface area contributed by atoms with E-state index in [2.05, 4.69) is 15.4 Å². The van der Waals surface area contributed by atoms with Gasteiger partial charge in [0.25, 0.3) is 0 Å². The smallest absolute Gasteiger partial charge is 0.217 e. The summed E-state index contributed by atoms with van der Waals surface area (Å²) >= 11 is 0. The van der Waals surface area contributed by atoms with Gasteiger partial charge in [-0.1, -0.05) is 0 Å². The zero-order chi connectivity index (χ0) is 9.10. The van der Waals surface area contributed by atoms with Gasteiger partial charge in [0, 0.05) is 32.5 Å². The molecule has 0 spiro atoms. The van der Waals surface area contributed by atoms with Gasteiger partial charge in [0.2, 0.25) is 5.95 Å². The summed E-state index contributed by atoms with van der Waals surface area (Å²) in [5, 5.41) is 2.12. The topological polar surface area (TPSA) is 42.3 Å². The Hall–Kier alpha value is -1.07. The predicted molar refractivity (Wildman–Crippen MR) is 49.2 cm³/mol. The minimum absolute atomic E-state index is 0.789. The average Bonchev–Trinajstić information content (AvgIpc) is 2.54. The summed E-state index contributed by atoms with van der Waals surface area (Å²) in [5.74, 6) is 0.877. The molecule has 5 nitrogen and oxygen atoms in total. The van der Waals surface area contributed by atoms with Crippen LogP contribution < -0.4 is 5.43 Å². The summed E-state index contributed by atoms with van der Waals surface area (Å²) in [5.41, 5.74) is 3.23. The normalized spacial score (nSPS) is 18.8. The summed E-state index contributed by atoms with van der Waals surface area (Å²) < 4.78 is 7.19. The zero-order valence-corrected chi connectivity index (χ0v) is 7.73. The third-order valence-electron chi connectivity index (χ3n) is 2.09. The Bertz CT molecular complexity index is 267. The van der Waals surface area contributed by atoms with Crippen molar-refractivity contribution in [3.8, 4) is 0 Å². The van der Waals surface area contributed by atoms with Crippen LogP contribution in [0.25, 0.3) is 0 Å². The van der Waals surface area contributed by atoms with Gasteiger partial charge in [-0.3, -0.25) is 5.43 Å². The lowest BCUT2D eigenvalue weighted by molar-refractivity contribution is 0.0491. The van der Waals surface area contributed by atoms with Crippen LogP contribution in [-0.4, -0.2) is 40.9 Å². The molecular weight excluding hydrogens is 168 g/mol. The largest absolute Gasteiger partial charge is 0.379 e. The van der Waals surface area contributed by atoms with Crippen LogP contribution >= 0.6 is 0 Å². The molecule has 0 saturated carbocycles. The molecule has 0 amide bonds. The van der Waals surface area contributed by atoms with Crippen molar-refractivity contribution in [2.24, 2.45) is 7.05 Å². The lowest BCUT2D eigenvalue weighted by Crippen LogP contribution is -2.40. The highest BCUT2D eigenvalue weighted by Gasteiger charge is 2.11. The second-order valence-corrected chi connectivity index (χ2v) is 3.07. The van der Waals surface area contributed by atoms with Crippen LogP contribution in [0.3, 0.4) is 0 Å². The molecule has 0 atom stereocenters. The first kappa shape index (κ1) is 8.52. The van der Waals surface area contributed by atoms with Crippen molar-refractivity contribution in [3.05, 3.63) is 12.4 Å². The maximum absolute atomic E-state index is 5.24. The summed E-state index contributed by atoms with van der Waals surface area (Å²) in [6.07, 6.45) is 3.70. The Balaban J connectivity index is 1.93. The van der Waals surface area contributed by atoms with E-state index in [1.54, 1.807) is 6.20 Å². The van der Waals surface area contributed by atoms with Crippen molar-refractivity contribution in [1.29, 1.82) is 0 Å². The molecule has 0 aliphatic carbocycles. The zero-order valence-electron chi connectivity index (χ0n) is 7.73. The fourth-order valence-electron chi connectivity index (χ4n) is 1.29. The fraction of sp³-hybridized carbons (Fsp3) is 0.625. The highest BCUT2D eigenvalue weighted by Crippen LogP contribution is 2.04. The number of hydrogen-bond acceptors (Lipinski definition) is 4. The molecule has 0 unspecified atom stereocenters. The molecule has 1 saturated heterocycles. The summed E-state index contributed by atoms with van der Waals surface area (Å²) in [6, 6.07) is 0. The SMILES string of the molecule is Cn1ccnc1NN1CCOCC1. The number of aryl methyl sites for hydroxylation is 1. The molecule has 1 fully saturated rings. The molecule has 0 radical (unpaired) electrons. The highest BCUT2D eigenvalue weighted by molar-refractivity contribution is 5.23. The van der Waals surface area contributed by atoms with E-state index >= 15 is 0 Å². The van der Waals surface area contributed by atoms with Gasteiger partial charge in [-0.25, -0.2) is 9.99 Å². The average molecular weight is 182 g/mol. The van der Waals surface area contributed by atoms with Gasteiger partial charge in [-0.2, -0.15) is 0 Å². The number of nitrogens with one attached hydrogen (secondary N) is 1. The minimum atomic E-state index is 0.789. The van der Waals surface area contributed by atoms with E-state index in [0.29, 0.717) is 0 Å². The number of hydrogen-bond donors (Lipinski definition) is 1. The first-order valence-electron chi connectivity index (χ1n) is 4.43. The molecule has 13 heavy (non-hydrogen) atoms. The number of rotatable bonds is 2. The van der Waals surface area contributed by atoms with Gasteiger partial charge in [-0.05, 0) is 0 Å². The molecule has 5 heteroatoms. The van der Waals surface area contributed by atoms with E-state index in [4.69, 9.17) is 4.74 Å². The highest BCUT2D eigenvalue weighted by atomic mass is 16.5. The number of hydrazine groups is 1. The standard InChI is InChI=1S/C8H14N4O/c1-11-3-2-9-8(11)10-12-4-6-13-7-5-12/h2-3H,4-7H2,1H3,(H,9,10). The van der Waals surface area contributed by atoms with Gasteiger partial charge in [0.15, 0.2) is 0 Å². The molecule has 1 aliphatic rings. The molecule has 1 aromatic heterocycles. The predicted octanol–water partition coefficient (Wildman–Crippen LogP) is 0.0792. The van der Waals surface area contributed by atoms with Crippen molar-refractivity contribution < 1.29 is 4.74 Å². The quantitative estimate of drug-likeness (QED) is 0.703. The van der Waals surface area contributed by atoms with Crippen LogP contribution in [0.2, 0.25) is 0 Å². The van der Waals surface area contributed by atoms with E-state index < -0.39 is 0 Å². The van der Waals surface area contributed by atoms with Gasteiger partial charge in [0.05, 0.1) is 13.2 Å². The molecule has 1 N–H and O–H groups in total. The molecule has 1 aliphatic heterocycles. The van der Waals surface area contributed by atoms with E-state index in [9.17, 15) is 0 Å². The van der Waals surface area contributed by atoms with Crippen molar-refractivity contribution in [1.82, 2.24) is 14.6 Å². The Morgan fingerprint density at radius 1 is 1.46 bits per heavy atom. The monoisotopic (exact) mass is 182 g/mol. The van der Waals surface area contributed by atoms with Crippen LogP contribution in [0.4, 0.5) is 5.95 Å². The Morgan fingerprint density at radius 3 is 2.85 bits per heavy atom. The Kier molecular flexibility index (Phi) is 2.47. The van der Waals surface area contributed by atoms with Crippen LogP contribution in [-0.2, 0) is 11.8 Å². The van der Waals surface area contributed by atoms with Crippen molar-refractivity contribution >= 4 is 5.95 Å². The number of anilines is 1. The summed E-state index contributed by atoms with van der Waals surface area (Å²) in [4.78, 5) is 4.18. The second-order valence-electron chi connectivity index (χ2n) is 3.07. The maximum atomic E-state index is 5.24. The third-order valence-corrected chi connectivity index (χ3v) is 2.09. The first-order valence-corrected chi connectivity index (χ1v) is 4.43. The van der Waals surface area contributed by atoms with Crippen LogP contribution in [0.1, 0.15) is 0 Å².